The van der Waals surface area contributed by atoms with Crippen LogP contribution >= 0.6 is 0 Å². The Morgan fingerprint density at radius 2 is 2.12 bits per heavy atom. The van der Waals surface area contributed by atoms with Crippen molar-refractivity contribution < 1.29 is 9.47 Å². The molecule has 1 unspecified atom stereocenters. The molecule has 0 saturated carbocycles. The maximum atomic E-state index is 8.73. The van der Waals surface area contributed by atoms with Gasteiger partial charge in [0.25, 0.3) is 0 Å². The third-order valence-corrected chi connectivity index (χ3v) is 3.81. The fourth-order valence-corrected chi connectivity index (χ4v) is 2.71. The van der Waals surface area contributed by atoms with Gasteiger partial charge in [0.2, 0.25) is 0 Å². The SMILES string of the molecule is CN(CC#N)C1CCOC2(CCOCC2)C1. The first-order valence-electron chi connectivity index (χ1n) is 6.05. The van der Waals surface area contributed by atoms with Crippen molar-refractivity contribution in [1.82, 2.24) is 4.90 Å². The van der Waals surface area contributed by atoms with E-state index in [0.717, 1.165) is 45.5 Å². The molecule has 0 aromatic heterocycles. The van der Waals surface area contributed by atoms with Gasteiger partial charge in [0.05, 0.1) is 18.2 Å². The molecule has 1 spiro atoms. The second-order valence-electron chi connectivity index (χ2n) is 4.86. The van der Waals surface area contributed by atoms with Gasteiger partial charge in [0, 0.05) is 25.9 Å². The molecular weight excluding hydrogens is 204 g/mol. The van der Waals surface area contributed by atoms with Crippen LogP contribution in [0.3, 0.4) is 0 Å². The molecule has 2 fully saturated rings. The van der Waals surface area contributed by atoms with Crippen LogP contribution < -0.4 is 0 Å². The first kappa shape index (κ1) is 11.8. The highest BCUT2D eigenvalue weighted by atomic mass is 16.5. The Morgan fingerprint density at radius 1 is 1.38 bits per heavy atom. The summed E-state index contributed by atoms with van der Waals surface area (Å²) in [5.74, 6) is 0. The first-order chi connectivity index (χ1) is 7.76. The van der Waals surface area contributed by atoms with Crippen LogP contribution in [-0.4, -0.2) is 50.0 Å². The van der Waals surface area contributed by atoms with E-state index in [9.17, 15) is 0 Å². The minimum Gasteiger partial charge on any atom is -0.381 e. The Morgan fingerprint density at radius 3 is 2.81 bits per heavy atom. The minimum atomic E-state index is 0.0326. The Bertz CT molecular complexity index is 263. The van der Waals surface area contributed by atoms with Crippen LogP contribution in [0.1, 0.15) is 25.7 Å². The van der Waals surface area contributed by atoms with Crippen molar-refractivity contribution in [3.63, 3.8) is 0 Å². The lowest BCUT2D eigenvalue weighted by Gasteiger charge is -2.45. The van der Waals surface area contributed by atoms with E-state index in [4.69, 9.17) is 14.7 Å². The van der Waals surface area contributed by atoms with E-state index in [1.54, 1.807) is 0 Å². The van der Waals surface area contributed by atoms with E-state index < -0.39 is 0 Å². The summed E-state index contributed by atoms with van der Waals surface area (Å²) in [4.78, 5) is 2.15. The van der Waals surface area contributed by atoms with Gasteiger partial charge >= 0.3 is 0 Å². The fourth-order valence-electron chi connectivity index (χ4n) is 2.71. The highest BCUT2D eigenvalue weighted by molar-refractivity contribution is 4.93. The summed E-state index contributed by atoms with van der Waals surface area (Å²) in [5, 5.41) is 8.73. The molecule has 2 aliphatic rings. The molecule has 90 valence electrons. The van der Waals surface area contributed by atoms with E-state index in [-0.39, 0.29) is 5.60 Å². The number of ether oxygens (including phenoxy) is 2. The minimum absolute atomic E-state index is 0.0326. The predicted octanol–water partition coefficient (Wildman–Crippen LogP) is 1.17. The van der Waals surface area contributed by atoms with E-state index in [1.165, 1.54) is 0 Å². The number of nitrogens with zero attached hydrogens (tertiary/aromatic N) is 2. The Balaban J connectivity index is 1.95. The standard InChI is InChI=1S/C12H20N2O2/c1-14(6-5-13)11-2-7-16-12(10-11)3-8-15-9-4-12/h11H,2-4,6-10H2,1H3. The van der Waals surface area contributed by atoms with Crippen LogP contribution in [-0.2, 0) is 9.47 Å². The maximum absolute atomic E-state index is 8.73. The van der Waals surface area contributed by atoms with Crippen molar-refractivity contribution in [3.8, 4) is 6.07 Å². The van der Waals surface area contributed by atoms with Crippen molar-refractivity contribution in [3.05, 3.63) is 0 Å². The van der Waals surface area contributed by atoms with Gasteiger partial charge in [-0.1, -0.05) is 0 Å². The summed E-state index contributed by atoms with van der Waals surface area (Å²) >= 11 is 0. The average molecular weight is 224 g/mol. The molecule has 0 bridgehead atoms. The average Bonchev–Trinajstić information content (AvgIpc) is 2.30. The monoisotopic (exact) mass is 224 g/mol. The number of hydrogen-bond donors (Lipinski definition) is 0. The van der Waals surface area contributed by atoms with Gasteiger partial charge < -0.3 is 9.47 Å². The van der Waals surface area contributed by atoms with Crippen molar-refractivity contribution in [2.45, 2.75) is 37.3 Å². The molecule has 0 aromatic rings. The molecular formula is C12H20N2O2. The van der Waals surface area contributed by atoms with Crippen LogP contribution in [0.4, 0.5) is 0 Å². The third kappa shape index (κ3) is 2.54. The van der Waals surface area contributed by atoms with Gasteiger partial charge in [-0.2, -0.15) is 5.26 Å². The van der Waals surface area contributed by atoms with Crippen LogP contribution in [0.25, 0.3) is 0 Å². The van der Waals surface area contributed by atoms with E-state index >= 15 is 0 Å². The highest BCUT2D eigenvalue weighted by Gasteiger charge is 2.39. The van der Waals surface area contributed by atoms with Gasteiger partial charge in [-0.15, -0.1) is 0 Å². The summed E-state index contributed by atoms with van der Waals surface area (Å²) in [6.07, 6.45) is 4.10. The molecule has 2 heterocycles. The highest BCUT2D eigenvalue weighted by Crippen LogP contribution is 2.35. The Kier molecular flexibility index (Phi) is 3.80. The van der Waals surface area contributed by atoms with Crippen molar-refractivity contribution >= 4 is 0 Å². The van der Waals surface area contributed by atoms with Crippen molar-refractivity contribution in [1.29, 1.82) is 5.26 Å². The van der Waals surface area contributed by atoms with E-state index in [0.29, 0.717) is 12.6 Å². The van der Waals surface area contributed by atoms with Crippen LogP contribution in [0.5, 0.6) is 0 Å². The summed E-state index contributed by atoms with van der Waals surface area (Å²) in [6, 6.07) is 2.71. The number of rotatable bonds is 2. The molecule has 2 aliphatic heterocycles. The van der Waals surface area contributed by atoms with Crippen molar-refractivity contribution in [2.75, 3.05) is 33.4 Å². The molecule has 16 heavy (non-hydrogen) atoms. The zero-order valence-corrected chi connectivity index (χ0v) is 9.95. The molecule has 4 heteroatoms. The summed E-state index contributed by atoms with van der Waals surface area (Å²) in [6.45, 7) is 2.96. The molecule has 0 amide bonds. The predicted molar refractivity (Wildman–Crippen MR) is 60.0 cm³/mol. The molecule has 0 radical (unpaired) electrons. The van der Waals surface area contributed by atoms with Crippen LogP contribution in [0, 0.1) is 11.3 Å². The van der Waals surface area contributed by atoms with Gasteiger partial charge in [-0.3, -0.25) is 4.90 Å². The van der Waals surface area contributed by atoms with Gasteiger partial charge in [-0.05, 0) is 32.7 Å². The maximum Gasteiger partial charge on any atom is 0.0865 e. The third-order valence-electron chi connectivity index (χ3n) is 3.81. The topological polar surface area (TPSA) is 45.5 Å². The summed E-state index contributed by atoms with van der Waals surface area (Å²) < 4.78 is 11.4. The number of nitriles is 1. The zero-order valence-electron chi connectivity index (χ0n) is 9.95. The van der Waals surface area contributed by atoms with Crippen molar-refractivity contribution in [2.24, 2.45) is 0 Å². The summed E-state index contributed by atoms with van der Waals surface area (Å²) in [7, 11) is 2.03. The molecule has 0 aliphatic carbocycles. The lowest BCUT2D eigenvalue weighted by Crippen LogP contribution is -2.50. The normalized spacial score (nSPS) is 29.2. The molecule has 4 nitrogen and oxygen atoms in total. The Labute approximate surface area is 97.1 Å². The largest absolute Gasteiger partial charge is 0.381 e. The smallest absolute Gasteiger partial charge is 0.0865 e. The molecule has 2 saturated heterocycles. The Hall–Kier alpha value is -0.630. The first-order valence-corrected chi connectivity index (χ1v) is 6.05. The van der Waals surface area contributed by atoms with Crippen LogP contribution in [0.2, 0.25) is 0 Å². The summed E-state index contributed by atoms with van der Waals surface area (Å²) in [5.41, 5.74) is 0.0326. The quantitative estimate of drug-likeness (QED) is 0.660. The molecule has 1 atom stereocenters. The van der Waals surface area contributed by atoms with E-state index in [2.05, 4.69) is 11.0 Å². The van der Waals surface area contributed by atoms with Gasteiger partial charge in [0.1, 0.15) is 0 Å². The zero-order chi connectivity index (χ0) is 11.4. The molecule has 2 rings (SSSR count). The van der Waals surface area contributed by atoms with Crippen LogP contribution in [0.15, 0.2) is 0 Å². The number of hydrogen-bond acceptors (Lipinski definition) is 4. The lowest BCUT2D eigenvalue weighted by atomic mass is 9.83. The molecule has 0 N–H and O–H groups in total. The lowest BCUT2D eigenvalue weighted by molar-refractivity contribution is -0.149. The van der Waals surface area contributed by atoms with E-state index in [1.807, 2.05) is 7.05 Å². The second kappa shape index (κ2) is 5.13. The molecule has 0 aromatic carbocycles. The van der Waals surface area contributed by atoms with Gasteiger partial charge in [0.15, 0.2) is 0 Å². The second-order valence-corrected chi connectivity index (χ2v) is 4.86. The van der Waals surface area contributed by atoms with Gasteiger partial charge in [-0.25, -0.2) is 0 Å². The fraction of sp³-hybridized carbons (Fsp3) is 0.917.